The number of halogens is 1. The van der Waals surface area contributed by atoms with Gasteiger partial charge in [-0.15, -0.1) is 11.3 Å². The minimum atomic E-state index is 0.330. The number of ether oxygens (including phenoxy) is 1. The van der Waals surface area contributed by atoms with E-state index in [0.717, 1.165) is 48.9 Å². The first kappa shape index (κ1) is 18.4. The summed E-state index contributed by atoms with van der Waals surface area (Å²) in [7, 11) is 4.44. The molecule has 0 aromatic carbocycles. The summed E-state index contributed by atoms with van der Waals surface area (Å²) in [5.74, 6) is 0.952. The van der Waals surface area contributed by atoms with Gasteiger partial charge in [-0.25, -0.2) is 4.98 Å². The third-order valence-electron chi connectivity index (χ3n) is 5.42. The first-order valence-electron chi connectivity index (χ1n) is 9.27. The minimum absolute atomic E-state index is 0.330. The minimum Gasteiger partial charge on any atom is -0.378 e. The number of hydrogen-bond acceptors (Lipinski definition) is 7. The highest BCUT2D eigenvalue weighted by molar-refractivity contribution is 7.18. The van der Waals surface area contributed by atoms with E-state index >= 15 is 0 Å². The van der Waals surface area contributed by atoms with Crippen LogP contribution in [0.1, 0.15) is 17.7 Å². The Morgan fingerprint density at radius 3 is 2.69 bits per heavy atom. The normalized spacial score (nSPS) is 20.4. The first-order valence-corrected chi connectivity index (χ1v) is 10.5. The Kier molecular flexibility index (Phi) is 5.61. The monoisotopic (exact) mass is 395 g/mol. The second-order valence-corrected chi connectivity index (χ2v) is 8.75. The van der Waals surface area contributed by atoms with Gasteiger partial charge in [0.15, 0.2) is 0 Å². The molecule has 2 aliphatic heterocycles. The van der Waals surface area contributed by atoms with Gasteiger partial charge in [-0.3, -0.25) is 4.90 Å². The van der Waals surface area contributed by atoms with E-state index in [4.69, 9.17) is 16.3 Å². The standard InChI is InChI=1S/C18H26ClN5OS/c1-22-5-3-13(4-6-22)23(2)12-14-11-15-16(24-7-9-25-10-8-24)20-18(19)21-17(15)26-14/h11,13H,3-10,12H2,1-2H3. The van der Waals surface area contributed by atoms with Crippen molar-refractivity contribution in [2.75, 3.05) is 58.4 Å². The Morgan fingerprint density at radius 2 is 1.96 bits per heavy atom. The molecule has 0 saturated carbocycles. The summed E-state index contributed by atoms with van der Waals surface area (Å²) in [4.78, 5) is 18.5. The fourth-order valence-corrected chi connectivity index (χ4v) is 5.14. The van der Waals surface area contributed by atoms with Crippen molar-refractivity contribution in [3.8, 4) is 0 Å². The van der Waals surface area contributed by atoms with Gasteiger partial charge in [-0.05, 0) is 57.7 Å². The van der Waals surface area contributed by atoms with Crippen LogP contribution >= 0.6 is 22.9 Å². The molecule has 4 rings (SSSR count). The van der Waals surface area contributed by atoms with E-state index in [1.54, 1.807) is 11.3 Å². The lowest BCUT2D eigenvalue weighted by atomic mass is 10.0. The Labute approximate surface area is 163 Å². The number of hydrogen-bond donors (Lipinski definition) is 0. The molecule has 0 unspecified atom stereocenters. The molecule has 0 amide bonds. The molecule has 8 heteroatoms. The zero-order chi connectivity index (χ0) is 18.1. The van der Waals surface area contributed by atoms with E-state index < -0.39 is 0 Å². The molecule has 26 heavy (non-hydrogen) atoms. The number of morpholine rings is 1. The highest BCUT2D eigenvalue weighted by Crippen LogP contribution is 2.33. The predicted octanol–water partition coefficient (Wildman–Crippen LogP) is 2.71. The van der Waals surface area contributed by atoms with Crippen molar-refractivity contribution in [1.29, 1.82) is 0 Å². The highest BCUT2D eigenvalue weighted by Gasteiger charge is 2.23. The molecule has 2 fully saturated rings. The molecule has 2 aliphatic rings. The summed E-state index contributed by atoms with van der Waals surface area (Å²) in [6, 6.07) is 2.91. The first-order chi connectivity index (χ1) is 12.6. The summed E-state index contributed by atoms with van der Waals surface area (Å²) in [5, 5.41) is 1.45. The van der Waals surface area contributed by atoms with Crippen LogP contribution in [-0.2, 0) is 11.3 Å². The SMILES string of the molecule is CN1CCC(N(C)Cc2cc3c(N4CCOCC4)nc(Cl)nc3s2)CC1. The zero-order valence-corrected chi connectivity index (χ0v) is 17.0. The van der Waals surface area contributed by atoms with Crippen LogP contribution < -0.4 is 4.90 Å². The number of nitrogens with zero attached hydrogens (tertiary/aromatic N) is 5. The Balaban J connectivity index is 1.55. The number of likely N-dealkylation sites (tertiary alicyclic amines) is 1. The van der Waals surface area contributed by atoms with Crippen molar-refractivity contribution in [3.05, 3.63) is 16.2 Å². The van der Waals surface area contributed by atoms with Gasteiger partial charge < -0.3 is 14.5 Å². The molecule has 0 N–H and O–H groups in total. The van der Waals surface area contributed by atoms with Crippen molar-refractivity contribution < 1.29 is 4.74 Å². The summed E-state index contributed by atoms with van der Waals surface area (Å²) in [6.07, 6.45) is 2.48. The Morgan fingerprint density at radius 1 is 1.23 bits per heavy atom. The molecule has 2 aromatic heterocycles. The summed E-state index contributed by atoms with van der Waals surface area (Å²) in [6.45, 7) is 6.49. The number of rotatable bonds is 4. The molecule has 6 nitrogen and oxygen atoms in total. The van der Waals surface area contributed by atoms with E-state index in [2.05, 4.69) is 44.8 Å². The van der Waals surface area contributed by atoms with Crippen LogP contribution in [0.5, 0.6) is 0 Å². The van der Waals surface area contributed by atoms with Gasteiger partial charge in [-0.2, -0.15) is 4.98 Å². The van der Waals surface area contributed by atoms with Crippen molar-refractivity contribution in [1.82, 2.24) is 19.8 Å². The van der Waals surface area contributed by atoms with Crippen LogP contribution in [0.3, 0.4) is 0 Å². The number of aromatic nitrogens is 2. The van der Waals surface area contributed by atoms with E-state index in [0.29, 0.717) is 11.3 Å². The molecule has 0 radical (unpaired) electrons. The predicted molar refractivity (Wildman–Crippen MR) is 107 cm³/mol. The average molecular weight is 396 g/mol. The zero-order valence-electron chi connectivity index (χ0n) is 15.4. The fourth-order valence-electron chi connectivity index (χ4n) is 3.84. The van der Waals surface area contributed by atoms with Gasteiger partial charge in [-0.1, -0.05) is 0 Å². The van der Waals surface area contributed by atoms with Gasteiger partial charge in [0.05, 0.1) is 18.6 Å². The molecule has 2 saturated heterocycles. The number of piperidine rings is 1. The van der Waals surface area contributed by atoms with E-state index in [1.165, 1.54) is 30.8 Å². The topological polar surface area (TPSA) is 44.7 Å². The quantitative estimate of drug-likeness (QED) is 0.742. The number of fused-ring (bicyclic) bond motifs is 1. The molecule has 0 bridgehead atoms. The molecular formula is C18H26ClN5OS. The maximum Gasteiger partial charge on any atom is 0.225 e. The van der Waals surface area contributed by atoms with Crippen LogP contribution in [-0.4, -0.2) is 79.3 Å². The lowest BCUT2D eigenvalue weighted by molar-refractivity contribution is 0.122. The number of thiophene rings is 1. The molecular weight excluding hydrogens is 370 g/mol. The lowest BCUT2D eigenvalue weighted by Gasteiger charge is -2.34. The molecule has 2 aromatic rings. The molecule has 0 spiro atoms. The van der Waals surface area contributed by atoms with E-state index in [1.807, 2.05) is 0 Å². The van der Waals surface area contributed by atoms with Crippen LogP contribution in [0.15, 0.2) is 6.07 Å². The maximum atomic E-state index is 6.20. The Bertz CT molecular complexity index is 755. The maximum absolute atomic E-state index is 6.20. The van der Waals surface area contributed by atoms with Crippen molar-refractivity contribution >= 4 is 39.0 Å². The molecule has 4 heterocycles. The molecule has 0 aliphatic carbocycles. The van der Waals surface area contributed by atoms with Crippen LogP contribution in [0.4, 0.5) is 5.82 Å². The van der Waals surface area contributed by atoms with Gasteiger partial charge in [0.1, 0.15) is 10.6 Å². The van der Waals surface area contributed by atoms with Crippen molar-refractivity contribution in [2.45, 2.75) is 25.4 Å². The second-order valence-electron chi connectivity index (χ2n) is 7.30. The van der Waals surface area contributed by atoms with E-state index in [-0.39, 0.29) is 0 Å². The van der Waals surface area contributed by atoms with Crippen molar-refractivity contribution in [2.24, 2.45) is 0 Å². The average Bonchev–Trinajstić information content (AvgIpc) is 3.04. The molecule has 0 atom stereocenters. The Hall–Kier alpha value is -0.990. The fraction of sp³-hybridized carbons (Fsp3) is 0.667. The summed E-state index contributed by atoms with van der Waals surface area (Å²) >= 11 is 7.94. The van der Waals surface area contributed by atoms with Crippen LogP contribution in [0.2, 0.25) is 5.28 Å². The van der Waals surface area contributed by atoms with Gasteiger partial charge in [0.2, 0.25) is 5.28 Å². The van der Waals surface area contributed by atoms with Gasteiger partial charge in [0, 0.05) is 30.6 Å². The molecule has 142 valence electrons. The largest absolute Gasteiger partial charge is 0.378 e. The second kappa shape index (κ2) is 7.94. The van der Waals surface area contributed by atoms with Crippen molar-refractivity contribution in [3.63, 3.8) is 0 Å². The summed E-state index contributed by atoms with van der Waals surface area (Å²) < 4.78 is 5.47. The third kappa shape index (κ3) is 3.97. The lowest BCUT2D eigenvalue weighted by Crippen LogP contribution is -2.41. The highest BCUT2D eigenvalue weighted by atomic mass is 35.5. The van der Waals surface area contributed by atoms with Gasteiger partial charge >= 0.3 is 0 Å². The van der Waals surface area contributed by atoms with E-state index in [9.17, 15) is 0 Å². The van der Waals surface area contributed by atoms with Gasteiger partial charge in [0.25, 0.3) is 0 Å². The number of anilines is 1. The van der Waals surface area contributed by atoms with Crippen LogP contribution in [0, 0.1) is 0 Å². The smallest absolute Gasteiger partial charge is 0.225 e. The third-order valence-corrected chi connectivity index (χ3v) is 6.61. The summed E-state index contributed by atoms with van der Waals surface area (Å²) in [5.41, 5.74) is 0. The van der Waals surface area contributed by atoms with Crippen LogP contribution in [0.25, 0.3) is 10.2 Å².